The first-order chi connectivity index (χ1) is 34.4. The molecule has 0 aliphatic carbocycles. The van der Waals surface area contributed by atoms with Crippen molar-refractivity contribution in [1.29, 1.82) is 0 Å². The maximum absolute atomic E-state index is 14.0. The molecule has 2 aromatic heterocycles. The summed E-state index contributed by atoms with van der Waals surface area (Å²) in [5.41, 5.74) is 8.62. The number of nitrogens with two attached hydrogens (primary N) is 2. The molecule has 0 unspecified atom stereocenters. The highest BCUT2D eigenvalue weighted by molar-refractivity contribution is 5.92. The van der Waals surface area contributed by atoms with Gasteiger partial charge in [0.2, 0.25) is 17.4 Å². The van der Waals surface area contributed by atoms with Crippen molar-refractivity contribution in [3.63, 3.8) is 0 Å². The SMILES string of the molecule is CCc1c2c(nc3ccc(O)cc13)-c1cc3c(c(=O)n1C2)COC(=O)[C@@]3(CC)OC(=O)OCc1ccc(NC(=O)COCC(=O)NCCOCCOCCOCCOCCOCCN(N)/C(C)=C\N)cc1. The Morgan fingerprint density at radius 3 is 2.15 bits per heavy atom. The van der Waals surface area contributed by atoms with Gasteiger partial charge in [-0.25, -0.2) is 20.4 Å². The number of hydrogen-bond acceptors (Lipinski definition) is 19. The van der Waals surface area contributed by atoms with Gasteiger partial charge in [0.25, 0.3) is 5.56 Å². The number of carbonyl (C=O) groups is 4. The molecular formula is C49H63N7O15. The molecule has 7 N–H and O–H groups in total. The van der Waals surface area contributed by atoms with Crippen LogP contribution in [0.1, 0.15) is 55.0 Å². The van der Waals surface area contributed by atoms with E-state index in [0.717, 1.165) is 22.2 Å². The second kappa shape index (κ2) is 26.5. The summed E-state index contributed by atoms with van der Waals surface area (Å²) >= 11 is 0. The minimum Gasteiger partial charge on any atom is -0.508 e. The lowest BCUT2D eigenvalue weighted by atomic mass is 9.85. The number of amides is 2. The molecule has 0 saturated heterocycles. The first-order valence-corrected chi connectivity index (χ1v) is 23.4. The number of cyclic esters (lactones) is 1. The van der Waals surface area contributed by atoms with Crippen LogP contribution in [0.25, 0.3) is 22.3 Å². The number of nitrogens with one attached hydrogen (secondary N) is 2. The Morgan fingerprint density at radius 2 is 1.51 bits per heavy atom. The van der Waals surface area contributed by atoms with Gasteiger partial charge in [-0.2, -0.15) is 0 Å². The first kappa shape index (κ1) is 53.7. The Labute approximate surface area is 410 Å². The minimum absolute atomic E-state index is 0.0517. The zero-order valence-electron chi connectivity index (χ0n) is 40.3. The van der Waals surface area contributed by atoms with E-state index in [1.165, 1.54) is 11.2 Å². The van der Waals surface area contributed by atoms with Gasteiger partial charge in [-0.3, -0.25) is 14.4 Å². The molecule has 0 radical (unpaired) electrons. The second-order valence-electron chi connectivity index (χ2n) is 16.3. The van der Waals surface area contributed by atoms with Crippen molar-refractivity contribution >= 4 is 40.5 Å². The van der Waals surface area contributed by atoms with E-state index in [4.69, 9.17) is 59.2 Å². The van der Waals surface area contributed by atoms with Crippen LogP contribution < -0.4 is 27.8 Å². The van der Waals surface area contributed by atoms with Gasteiger partial charge in [-0.05, 0) is 67.3 Å². The lowest BCUT2D eigenvalue weighted by Crippen LogP contribution is -2.47. The number of carbonyl (C=O) groups excluding carboxylic acids is 4. The van der Waals surface area contributed by atoms with Gasteiger partial charge in [0.05, 0.1) is 102 Å². The number of ether oxygens (including phenoxy) is 9. The van der Waals surface area contributed by atoms with Crippen LogP contribution in [0.15, 0.2) is 65.2 Å². The molecule has 2 aromatic carbocycles. The van der Waals surface area contributed by atoms with Gasteiger partial charge in [0.1, 0.15) is 32.2 Å². The van der Waals surface area contributed by atoms with Crippen molar-refractivity contribution in [3.05, 3.63) is 98.6 Å². The van der Waals surface area contributed by atoms with E-state index in [1.54, 1.807) is 60.0 Å². The summed E-state index contributed by atoms with van der Waals surface area (Å²) in [6.07, 6.45) is 0.846. The van der Waals surface area contributed by atoms with Crippen LogP contribution in [0.4, 0.5) is 10.5 Å². The standard InChI is InChI=1S/C49H63N7O15/c1-4-36-37-24-35(57)10-11-41(37)54-45-38(36)27-55-42(45)25-40-39(46(55)60)29-69-47(61)49(40,5-2)71-48(62)70-28-33-6-8-34(9-7-33)53-44(59)31-68-30-43(58)52-12-14-63-16-18-65-20-22-67-23-21-66-19-17-64-15-13-56(51)32(3)26-50/h6-11,24-26,57H,4-5,12-23,27-31,50-51H2,1-3H3,(H,52,58)(H,53,59)/b32-26-/t49-/m0/s1. The first-order valence-electron chi connectivity index (χ1n) is 23.4. The number of benzene rings is 2. The molecule has 1 atom stereocenters. The smallest absolute Gasteiger partial charge is 0.508 e. The van der Waals surface area contributed by atoms with E-state index in [1.807, 2.05) is 13.8 Å². The van der Waals surface area contributed by atoms with E-state index >= 15 is 0 Å². The molecule has 0 spiro atoms. The van der Waals surface area contributed by atoms with Crippen LogP contribution >= 0.6 is 0 Å². The predicted octanol–water partition coefficient (Wildman–Crippen LogP) is 2.86. The van der Waals surface area contributed by atoms with Gasteiger partial charge in [0, 0.05) is 40.6 Å². The molecule has 2 aliphatic rings. The van der Waals surface area contributed by atoms with Crippen LogP contribution in [0.5, 0.6) is 5.75 Å². The highest BCUT2D eigenvalue weighted by Gasteiger charge is 2.51. The van der Waals surface area contributed by atoms with E-state index < -0.39 is 35.1 Å². The summed E-state index contributed by atoms with van der Waals surface area (Å²) in [5.74, 6) is 4.14. The van der Waals surface area contributed by atoms with Gasteiger partial charge >= 0.3 is 12.1 Å². The van der Waals surface area contributed by atoms with E-state index in [0.29, 0.717) is 101 Å². The highest BCUT2D eigenvalue weighted by atomic mass is 16.7. The second-order valence-corrected chi connectivity index (χ2v) is 16.3. The largest absolute Gasteiger partial charge is 0.510 e. The van der Waals surface area contributed by atoms with Crippen molar-refractivity contribution in [2.24, 2.45) is 11.6 Å². The van der Waals surface area contributed by atoms with Crippen molar-refractivity contribution in [1.82, 2.24) is 19.9 Å². The van der Waals surface area contributed by atoms with Gasteiger partial charge in [0.15, 0.2) is 0 Å². The number of hydrogen-bond donors (Lipinski definition) is 5. The number of aromatic nitrogens is 2. The Morgan fingerprint density at radius 1 is 0.859 bits per heavy atom. The molecule has 6 rings (SSSR count). The number of phenolic OH excluding ortho intramolecular Hbond substituents is 1. The van der Waals surface area contributed by atoms with Crippen LogP contribution in [0.2, 0.25) is 0 Å². The van der Waals surface area contributed by atoms with Crippen LogP contribution in [-0.4, -0.2) is 136 Å². The van der Waals surface area contributed by atoms with Crippen LogP contribution in [-0.2, 0) is 88.8 Å². The third-order valence-electron chi connectivity index (χ3n) is 11.7. The number of rotatable bonds is 29. The van der Waals surface area contributed by atoms with Gasteiger partial charge < -0.3 is 73.7 Å². The average molecular weight is 990 g/mol. The molecule has 0 saturated carbocycles. The summed E-state index contributed by atoms with van der Waals surface area (Å²) in [6, 6.07) is 13.0. The van der Waals surface area contributed by atoms with Crippen LogP contribution in [0, 0.1) is 0 Å². The highest BCUT2D eigenvalue weighted by Crippen LogP contribution is 2.42. The quantitative estimate of drug-likeness (QED) is 0.0199. The molecule has 22 nitrogen and oxygen atoms in total. The summed E-state index contributed by atoms with van der Waals surface area (Å²) in [4.78, 5) is 70.2. The Bertz CT molecular complexity index is 2570. The van der Waals surface area contributed by atoms with Crippen LogP contribution in [0.3, 0.4) is 0 Å². The maximum Gasteiger partial charge on any atom is 0.510 e. The number of fused-ring (bicyclic) bond motifs is 5. The number of esters is 1. The minimum atomic E-state index is -1.97. The monoisotopic (exact) mass is 989 g/mol. The number of phenols is 1. The molecule has 2 amide bonds. The molecule has 71 heavy (non-hydrogen) atoms. The molecule has 4 aromatic rings. The van der Waals surface area contributed by atoms with E-state index in [-0.39, 0.29) is 69.4 Å². The molecule has 0 bridgehead atoms. The number of aromatic hydroxyl groups is 1. The fourth-order valence-corrected chi connectivity index (χ4v) is 7.87. The molecule has 384 valence electrons. The lowest BCUT2D eigenvalue weighted by Gasteiger charge is -2.35. The summed E-state index contributed by atoms with van der Waals surface area (Å²) in [6.45, 7) is 9.19. The van der Waals surface area contributed by atoms with Crippen molar-refractivity contribution in [2.45, 2.75) is 59.0 Å². The summed E-state index contributed by atoms with van der Waals surface area (Å²) in [5, 5.41) is 17.8. The normalized spacial score (nSPS) is 14.9. The van der Waals surface area contributed by atoms with Gasteiger partial charge in [-0.15, -0.1) is 0 Å². The van der Waals surface area contributed by atoms with Crippen molar-refractivity contribution < 1.29 is 66.9 Å². The fraction of sp³-hybridized carbons (Fsp3) is 0.469. The predicted molar refractivity (Wildman–Crippen MR) is 256 cm³/mol. The number of allylic oxidation sites excluding steroid dienone is 1. The van der Waals surface area contributed by atoms with Crippen molar-refractivity contribution in [3.8, 4) is 17.1 Å². The lowest BCUT2D eigenvalue weighted by molar-refractivity contribution is -0.175. The molecule has 2 aliphatic heterocycles. The third-order valence-corrected chi connectivity index (χ3v) is 11.7. The third kappa shape index (κ3) is 14.2. The fourth-order valence-electron chi connectivity index (χ4n) is 7.87. The topological polar surface area (TPSA) is 286 Å². The number of anilines is 1. The zero-order valence-corrected chi connectivity index (χ0v) is 40.3. The summed E-state index contributed by atoms with van der Waals surface area (Å²) in [7, 11) is 0. The average Bonchev–Trinajstić information content (AvgIpc) is 3.73. The Hall–Kier alpha value is -6.66. The Balaban J connectivity index is 0.833. The molecule has 4 heterocycles. The Kier molecular flexibility index (Phi) is 20.1. The van der Waals surface area contributed by atoms with E-state index in [9.17, 15) is 29.1 Å². The molecule has 22 heteroatoms. The molecular weight excluding hydrogens is 927 g/mol. The maximum atomic E-state index is 14.0. The number of hydrazine groups is 1. The number of pyridine rings is 2. The van der Waals surface area contributed by atoms with Gasteiger partial charge in [-0.1, -0.05) is 26.0 Å². The van der Waals surface area contributed by atoms with E-state index in [2.05, 4.69) is 10.6 Å². The number of nitrogens with zero attached hydrogens (tertiary/aromatic N) is 3. The van der Waals surface area contributed by atoms with Crippen molar-refractivity contribution in [2.75, 3.05) is 97.7 Å². The molecule has 0 fully saturated rings. The number of aryl methyl sites for hydroxylation is 1. The zero-order chi connectivity index (χ0) is 50.8. The summed E-state index contributed by atoms with van der Waals surface area (Å²) < 4.78 is 50.8.